The fraction of sp³-hybridized carbons (Fsp3) is 0.333. The van der Waals surface area contributed by atoms with Gasteiger partial charge in [0.2, 0.25) is 0 Å². The van der Waals surface area contributed by atoms with Crippen LogP contribution in [0, 0.1) is 0 Å². The van der Waals surface area contributed by atoms with Crippen molar-refractivity contribution < 1.29 is 34.5 Å². The van der Waals surface area contributed by atoms with Crippen molar-refractivity contribution in [2.45, 2.75) is 24.9 Å². The molecule has 55 heavy (non-hydrogen) atoms. The number of rotatable bonds is 7. The predicted octanol–water partition coefficient (Wildman–Crippen LogP) is 1.57. The van der Waals surface area contributed by atoms with Crippen molar-refractivity contribution >= 4 is 58.6 Å². The number of hydrogen-bond donors (Lipinski definition) is 7. The van der Waals surface area contributed by atoms with Gasteiger partial charge in [-0.1, -0.05) is 12.1 Å². The molecule has 4 aliphatic rings. The third kappa shape index (κ3) is 8.69. The van der Waals surface area contributed by atoms with Gasteiger partial charge in [-0.15, -0.1) is 0 Å². The van der Waals surface area contributed by atoms with Gasteiger partial charge in [0.05, 0.1) is 36.7 Å². The summed E-state index contributed by atoms with van der Waals surface area (Å²) in [5.41, 5.74) is 6.52. The van der Waals surface area contributed by atoms with Crippen molar-refractivity contribution in [3.8, 4) is 0 Å². The quantitative estimate of drug-likeness (QED) is 0.141. The molecule has 288 valence electrons. The highest BCUT2D eigenvalue weighted by atomic mass is 16.4. The van der Waals surface area contributed by atoms with E-state index in [0.29, 0.717) is 29.8 Å². The summed E-state index contributed by atoms with van der Waals surface area (Å²) in [7, 11) is 0. The highest BCUT2D eigenvalue weighted by molar-refractivity contribution is 6.06. The molecule has 5 amide bonds. The zero-order valence-electron chi connectivity index (χ0n) is 29.8. The number of urea groups is 2. The molecule has 4 aromatic rings. The molecule has 0 saturated carbocycles. The number of aromatic carboxylic acids is 1. The van der Waals surface area contributed by atoms with Gasteiger partial charge in [-0.05, 0) is 61.4 Å². The van der Waals surface area contributed by atoms with E-state index in [1.54, 1.807) is 70.7 Å². The summed E-state index contributed by atoms with van der Waals surface area (Å²) in [6.45, 7) is 3.58. The molecule has 0 spiro atoms. The van der Waals surface area contributed by atoms with Crippen LogP contribution in [0.1, 0.15) is 33.8 Å². The summed E-state index contributed by atoms with van der Waals surface area (Å²) in [5, 5.41) is 34.0. The van der Waals surface area contributed by atoms with Crippen molar-refractivity contribution in [2.24, 2.45) is 5.73 Å². The number of nitrogens with one attached hydrogen (secondary N) is 3. The van der Waals surface area contributed by atoms with Crippen molar-refractivity contribution in [1.29, 1.82) is 0 Å². The molecule has 19 nitrogen and oxygen atoms in total. The molecule has 4 bridgehead atoms. The van der Waals surface area contributed by atoms with Gasteiger partial charge in [0.15, 0.2) is 17.3 Å². The lowest BCUT2D eigenvalue weighted by atomic mass is 10.1. The Morgan fingerprint density at radius 2 is 1.20 bits per heavy atom. The van der Waals surface area contributed by atoms with Gasteiger partial charge in [-0.2, -0.15) is 0 Å². The van der Waals surface area contributed by atoms with E-state index in [1.165, 1.54) is 6.07 Å². The van der Waals surface area contributed by atoms with E-state index in [0.717, 1.165) is 50.4 Å². The highest BCUT2D eigenvalue weighted by Crippen LogP contribution is 2.40. The number of anilines is 6. The van der Waals surface area contributed by atoms with Gasteiger partial charge in [-0.25, -0.2) is 34.3 Å². The lowest BCUT2D eigenvalue weighted by Crippen LogP contribution is -2.48. The van der Waals surface area contributed by atoms with Crippen molar-refractivity contribution in [3.63, 3.8) is 0 Å². The van der Waals surface area contributed by atoms with Gasteiger partial charge in [0.25, 0.3) is 5.91 Å². The van der Waals surface area contributed by atoms with Crippen LogP contribution in [0.25, 0.3) is 0 Å². The van der Waals surface area contributed by atoms with Crippen molar-refractivity contribution in [2.75, 3.05) is 82.7 Å². The van der Waals surface area contributed by atoms with Gasteiger partial charge in [0, 0.05) is 51.7 Å². The number of nitrogens with two attached hydrogens (primary N) is 1. The van der Waals surface area contributed by atoms with Crippen LogP contribution in [0.2, 0.25) is 0 Å². The fourth-order valence-electron chi connectivity index (χ4n) is 6.66. The molecular weight excluding hydrogens is 712 g/mol. The smallest absolute Gasteiger partial charge is 0.354 e. The van der Waals surface area contributed by atoms with Gasteiger partial charge in [0.1, 0.15) is 17.3 Å². The molecule has 4 aromatic heterocycles. The number of carboxylic acid groups (broad SMARTS) is 1. The number of nitrogens with zero attached hydrogens (tertiary/aromatic N) is 8. The topological polar surface area (TPSA) is 256 Å². The lowest BCUT2D eigenvalue weighted by molar-refractivity contribution is 0.0690. The maximum atomic E-state index is 13.0. The largest absolute Gasteiger partial charge is 0.477 e. The van der Waals surface area contributed by atoms with E-state index in [1.807, 2.05) is 6.07 Å². The molecule has 0 aliphatic carbocycles. The Morgan fingerprint density at radius 1 is 0.709 bits per heavy atom. The second kappa shape index (κ2) is 17.6. The van der Waals surface area contributed by atoms with Crippen LogP contribution < -0.4 is 41.3 Å². The summed E-state index contributed by atoms with van der Waals surface area (Å²) in [6, 6.07) is 16.5. The molecule has 2 saturated heterocycles. The Morgan fingerprint density at radius 3 is 1.64 bits per heavy atom. The molecule has 19 heteroatoms. The number of amides is 5. The fourth-order valence-corrected chi connectivity index (χ4v) is 6.66. The van der Waals surface area contributed by atoms with E-state index in [9.17, 15) is 24.3 Å². The number of pyridine rings is 4. The average molecular weight is 755 g/mol. The minimum atomic E-state index is -1.11. The van der Waals surface area contributed by atoms with Crippen LogP contribution in [-0.2, 0) is 0 Å². The zero-order valence-corrected chi connectivity index (χ0v) is 29.8. The number of carbonyl (C=O) groups is 4. The molecule has 0 radical (unpaired) electrons. The second-order valence-electron chi connectivity index (χ2n) is 12.7. The highest BCUT2D eigenvalue weighted by Gasteiger charge is 2.42. The summed E-state index contributed by atoms with van der Waals surface area (Å²) in [5.74, 6) is 0.256. The number of hydrogen-bond acceptors (Lipinski definition) is 13. The van der Waals surface area contributed by atoms with E-state index >= 15 is 0 Å². The normalized spacial score (nSPS) is 17.1. The summed E-state index contributed by atoms with van der Waals surface area (Å²) < 4.78 is 0. The van der Waals surface area contributed by atoms with Gasteiger partial charge < -0.3 is 36.2 Å². The van der Waals surface area contributed by atoms with Crippen LogP contribution in [-0.4, -0.2) is 124 Å². The molecule has 0 unspecified atom stereocenters. The Bertz CT molecular complexity index is 1990. The number of carboxylic acids is 1. The summed E-state index contributed by atoms with van der Waals surface area (Å²) in [6.07, 6.45) is 4.85. The Hall–Kier alpha value is -6.44. The van der Waals surface area contributed by atoms with Crippen LogP contribution in [0.5, 0.6) is 0 Å². The van der Waals surface area contributed by atoms with Gasteiger partial charge >= 0.3 is 18.0 Å². The minimum Gasteiger partial charge on any atom is -0.477 e. The molecule has 0 aromatic carbocycles. The van der Waals surface area contributed by atoms with Crippen LogP contribution in [0.4, 0.5) is 44.2 Å². The number of aromatic nitrogens is 4. The first-order chi connectivity index (χ1) is 26.7. The number of fused-ring (bicyclic) bond motifs is 8. The van der Waals surface area contributed by atoms with E-state index < -0.39 is 5.97 Å². The molecule has 8 rings (SSSR count). The molecular formula is C36H42N12O7. The Labute approximate surface area is 315 Å². The molecule has 4 aliphatic heterocycles. The van der Waals surface area contributed by atoms with Crippen LogP contribution in [0.15, 0.2) is 73.1 Å². The summed E-state index contributed by atoms with van der Waals surface area (Å²) >= 11 is 0. The standard InChI is InChI=1S/C18H20N6O3.C16H15N5O3.C2H7NO/c25-10-8-20-17(26)13-4-5-14-16(21-13)24(12-6-9-23(14)11-12)18(27)22-15-3-1-2-7-19-15;22-15(23)11-4-5-12-14(18-11)21(10-6-8-20(12)9-10)16(24)19-13-3-1-2-7-17-13;3-1-2-4/h1-5,7,12,25H,6,8-11H2,(H,20,26)(H,19,22,27);1-5,7,10H,6,8-9H2,(H,22,23)(H,17,19,24);4H,1-3H2/t12-;10-;/m00./s1. The monoisotopic (exact) mass is 754 g/mol. The maximum Gasteiger partial charge on any atom is 0.354 e. The van der Waals surface area contributed by atoms with Gasteiger partial charge in [-0.3, -0.25) is 25.2 Å². The van der Waals surface area contributed by atoms with E-state index in [4.69, 9.17) is 15.9 Å². The zero-order chi connectivity index (χ0) is 38.9. The number of aliphatic hydroxyl groups is 2. The first-order valence-electron chi connectivity index (χ1n) is 17.7. The minimum absolute atomic E-state index is 0.00975. The average Bonchev–Trinajstić information content (AvgIpc) is 3.83. The second-order valence-corrected chi connectivity index (χ2v) is 12.7. The number of aliphatic hydroxyl groups excluding tert-OH is 2. The maximum absolute atomic E-state index is 13.0. The Kier molecular flexibility index (Phi) is 12.2. The molecule has 2 atom stereocenters. The van der Waals surface area contributed by atoms with E-state index in [2.05, 4.69) is 45.7 Å². The number of carbonyl (C=O) groups excluding carboxylic acids is 3. The van der Waals surface area contributed by atoms with Crippen LogP contribution >= 0.6 is 0 Å². The third-order valence-corrected chi connectivity index (χ3v) is 9.12. The molecule has 8 heterocycles. The molecule has 8 N–H and O–H groups in total. The first kappa shape index (κ1) is 38.3. The van der Waals surface area contributed by atoms with Crippen molar-refractivity contribution in [3.05, 3.63) is 84.4 Å². The Balaban J connectivity index is 0.000000172. The van der Waals surface area contributed by atoms with Crippen LogP contribution in [0.3, 0.4) is 0 Å². The molecule has 2 fully saturated rings. The van der Waals surface area contributed by atoms with Crippen molar-refractivity contribution in [1.82, 2.24) is 25.3 Å². The SMILES string of the molecule is NCCO.O=C(NCCO)c1ccc2c(n1)N(C(=O)Nc1ccccn1)[C@H]1CCN2C1.O=C(O)c1ccc2c(n1)N(C(=O)Nc1ccccn1)[C@H]1CCN2C1. The lowest BCUT2D eigenvalue weighted by Gasteiger charge is -2.35. The predicted molar refractivity (Wildman–Crippen MR) is 204 cm³/mol. The third-order valence-electron chi connectivity index (χ3n) is 9.12. The van der Waals surface area contributed by atoms with E-state index in [-0.39, 0.29) is 61.2 Å². The first-order valence-corrected chi connectivity index (χ1v) is 17.7. The summed E-state index contributed by atoms with van der Waals surface area (Å²) in [4.78, 5) is 73.5.